The van der Waals surface area contributed by atoms with Crippen molar-refractivity contribution >= 4 is 10.2 Å². The molecular weight excluding hydrogens is 264 g/mol. The molecule has 1 aliphatic rings. The van der Waals surface area contributed by atoms with Gasteiger partial charge >= 0.3 is 0 Å². The van der Waals surface area contributed by atoms with Crippen LogP contribution in [0, 0.1) is 0 Å². The van der Waals surface area contributed by atoms with E-state index in [1.807, 2.05) is 24.6 Å². The maximum absolute atomic E-state index is 12.1. The van der Waals surface area contributed by atoms with Crippen LogP contribution in [0.15, 0.2) is 12.4 Å². The van der Waals surface area contributed by atoms with Gasteiger partial charge < -0.3 is 4.57 Å². The Balaban J connectivity index is 1.99. The van der Waals surface area contributed by atoms with Gasteiger partial charge in [0.05, 0.1) is 6.54 Å². The molecule has 1 aromatic heterocycles. The molecule has 0 aromatic carbocycles. The first-order chi connectivity index (χ1) is 9.00. The van der Waals surface area contributed by atoms with E-state index in [1.165, 1.54) is 4.31 Å². The van der Waals surface area contributed by atoms with Crippen LogP contribution in [0.4, 0.5) is 0 Å². The van der Waals surface area contributed by atoms with Crippen molar-refractivity contribution in [1.82, 2.24) is 18.6 Å². The summed E-state index contributed by atoms with van der Waals surface area (Å²) in [5.41, 5.74) is 0. The number of imidazole rings is 1. The van der Waals surface area contributed by atoms with E-state index in [1.54, 1.807) is 6.20 Å². The summed E-state index contributed by atoms with van der Waals surface area (Å²) >= 11 is 0. The van der Waals surface area contributed by atoms with Crippen LogP contribution in [0.5, 0.6) is 0 Å². The van der Waals surface area contributed by atoms with Gasteiger partial charge in [-0.1, -0.05) is 6.42 Å². The Morgan fingerprint density at radius 3 is 2.63 bits per heavy atom. The fourth-order valence-electron chi connectivity index (χ4n) is 2.30. The predicted molar refractivity (Wildman–Crippen MR) is 73.8 cm³/mol. The highest BCUT2D eigenvalue weighted by molar-refractivity contribution is 7.87. The van der Waals surface area contributed by atoms with E-state index in [0.717, 1.165) is 25.1 Å². The minimum atomic E-state index is -3.37. The summed E-state index contributed by atoms with van der Waals surface area (Å²) in [6.07, 6.45) is 6.58. The summed E-state index contributed by atoms with van der Waals surface area (Å²) in [4.78, 5) is 4.20. The van der Waals surface area contributed by atoms with Crippen LogP contribution >= 0.6 is 0 Å². The number of piperidine rings is 1. The molecule has 1 aliphatic heterocycles. The minimum absolute atomic E-state index is 0.240. The molecule has 0 atom stereocenters. The Kier molecular flexibility index (Phi) is 4.59. The summed E-state index contributed by atoms with van der Waals surface area (Å²) in [7, 11) is -3.37. The lowest BCUT2D eigenvalue weighted by Crippen LogP contribution is -2.43. The highest BCUT2D eigenvalue weighted by Crippen LogP contribution is 2.13. The number of aromatic nitrogens is 2. The lowest BCUT2D eigenvalue weighted by molar-refractivity contribution is 0.341. The van der Waals surface area contributed by atoms with Gasteiger partial charge in [0.2, 0.25) is 0 Å². The molecule has 1 aromatic rings. The third-order valence-electron chi connectivity index (χ3n) is 3.37. The van der Waals surface area contributed by atoms with Crippen molar-refractivity contribution in [1.29, 1.82) is 0 Å². The van der Waals surface area contributed by atoms with E-state index in [-0.39, 0.29) is 12.6 Å². The van der Waals surface area contributed by atoms with Crippen LogP contribution in [-0.4, -0.2) is 35.4 Å². The molecule has 6 nitrogen and oxygen atoms in total. The zero-order valence-corrected chi connectivity index (χ0v) is 12.4. The Bertz CT molecular complexity index is 504. The molecular formula is C12H22N4O2S. The van der Waals surface area contributed by atoms with Gasteiger partial charge in [-0.15, -0.1) is 0 Å². The molecule has 7 heteroatoms. The third-order valence-corrected chi connectivity index (χ3v) is 4.93. The lowest BCUT2D eigenvalue weighted by Gasteiger charge is -2.26. The normalized spacial score (nSPS) is 18.1. The first-order valence-corrected chi connectivity index (χ1v) is 8.21. The van der Waals surface area contributed by atoms with Crippen molar-refractivity contribution in [2.45, 2.75) is 45.7 Å². The van der Waals surface area contributed by atoms with Crippen molar-refractivity contribution in [2.24, 2.45) is 0 Å². The molecule has 1 fully saturated rings. The Hall–Kier alpha value is -0.920. The van der Waals surface area contributed by atoms with Crippen molar-refractivity contribution < 1.29 is 8.42 Å². The standard InChI is InChI=1S/C12H22N4O2S/c1-11(2)16-9-6-13-12(16)10-14-19(17,18)15-7-4-3-5-8-15/h6,9,11,14H,3-5,7-8,10H2,1-2H3. The summed E-state index contributed by atoms with van der Waals surface area (Å²) in [6, 6.07) is 0.275. The van der Waals surface area contributed by atoms with Crippen molar-refractivity contribution in [3.05, 3.63) is 18.2 Å². The van der Waals surface area contributed by atoms with Gasteiger partial charge in [0.15, 0.2) is 0 Å². The van der Waals surface area contributed by atoms with Gasteiger partial charge in [0.1, 0.15) is 5.82 Å². The second kappa shape index (κ2) is 6.02. The monoisotopic (exact) mass is 286 g/mol. The van der Waals surface area contributed by atoms with Crippen LogP contribution in [0.3, 0.4) is 0 Å². The molecule has 0 aliphatic carbocycles. The smallest absolute Gasteiger partial charge is 0.279 e. The molecule has 0 spiro atoms. The second-order valence-electron chi connectivity index (χ2n) is 5.13. The van der Waals surface area contributed by atoms with Crippen molar-refractivity contribution in [3.63, 3.8) is 0 Å². The van der Waals surface area contributed by atoms with E-state index in [4.69, 9.17) is 0 Å². The van der Waals surface area contributed by atoms with E-state index in [0.29, 0.717) is 13.1 Å². The summed E-state index contributed by atoms with van der Waals surface area (Å²) in [6.45, 7) is 5.57. The average molecular weight is 286 g/mol. The average Bonchev–Trinajstić information content (AvgIpc) is 2.86. The molecule has 2 heterocycles. The van der Waals surface area contributed by atoms with Gasteiger partial charge in [-0.3, -0.25) is 0 Å². The maximum Gasteiger partial charge on any atom is 0.279 e. The second-order valence-corrected chi connectivity index (χ2v) is 6.89. The van der Waals surface area contributed by atoms with Crippen LogP contribution in [0.2, 0.25) is 0 Å². The number of hydrogen-bond acceptors (Lipinski definition) is 3. The summed E-state index contributed by atoms with van der Waals surface area (Å²) < 4.78 is 30.4. The first-order valence-electron chi connectivity index (χ1n) is 6.77. The van der Waals surface area contributed by atoms with Crippen LogP contribution in [-0.2, 0) is 16.8 Å². The molecule has 0 amide bonds. The van der Waals surface area contributed by atoms with E-state index >= 15 is 0 Å². The third kappa shape index (κ3) is 3.55. The number of nitrogens with one attached hydrogen (secondary N) is 1. The topological polar surface area (TPSA) is 67.2 Å². The molecule has 0 saturated carbocycles. The quantitative estimate of drug-likeness (QED) is 0.886. The molecule has 1 saturated heterocycles. The number of nitrogens with zero attached hydrogens (tertiary/aromatic N) is 3. The Morgan fingerprint density at radius 2 is 2.00 bits per heavy atom. The molecule has 0 radical (unpaired) electrons. The predicted octanol–water partition coefficient (Wildman–Crippen LogP) is 1.28. The van der Waals surface area contributed by atoms with Crippen molar-refractivity contribution in [3.8, 4) is 0 Å². The Morgan fingerprint density at radius 1 is 1.32 bits per heavy atom. The Labute approximate surface area is 115 Å². The highest BCUT2D eigenvalue weighted by Gasteiger charge is 2.23. The van der Waals surface area contributed by atoms with E-state index < -0.39 is 10.2 Å². The molecule has 19 heavy (non-hydrogen) atoms. The van der Waals surface area contributed by atoms with Gasteiger partial charge in [-0.05, 0) is 26.7 Å². The largest absolute Gasteiger partial charge is 0.331 e. The molecule has 108 valence electrons. The van der Waals surface area contributed by atoms with Gasteiger partial charge in [0.25, 0.3) is 10.2 Å². The van der Waals surface area contributed by atoms with Gasteiger partial charge in [0, 0.05) is 31.5 Å². The van der Waals surface area contributed by atoms with Crippen molar-refractivity contribution in [2.75, 3.05) is 13.1 Å². The summed E-state index contributed by atoms with van der Waals surface area (Å²) in [5, 5.41) is 0. The number of rotatable bonds is 5. The zero-order chi connectivity index (χ0) is 13.9. The van der Waals surface area contributed by atoms with Crippen LogP contribution in [0.25, 0.3) is 0 Å². The molecule has 1 N–H and O–H groups in total. The minimum Gasteiger partial charge on any atom is -0.331 e. The highest BCUT2D eigenvalue weighted by atomic mass is 32.2. The fourth-order valence-corrected chi connectivity index (χ4v) is 3.54. The van der Waals surface area contributed by atoms with Crippen LogP contribution < -0.4 is 4.72 Å². The molecule has 2 rings (SSSR count). The first kappa shape index (κ1) is 14.5. The lowest BCUT2D eigenvalue weighted by atomic mass is 10.2. The SMILES string of the molecule is CC(C)n1ccnc1CNS(=O)(=O)N1CCCCC1. The van der Waals surface area contributed by atoms with Gasteiger partial charge in [-0.2, -0.15) is 17.4 Å². The molecule has 0 bridgehead atoms. The fraction of sp³-hybridized carbons (Fsp3) is 0.750. The zero-order valence-electron chi connectivity index (χ0n) is 11.5. The van der Waals surface area contributed by atoms with E-state index in [2.05, 4.69) is 9.71 Å². The summed E-state index contributed by atoms with van der Waals surface area (Å²) in [5.74, 6) is 0.746. The maximum atomic E-state index is 12.1. The van der Waals surface area contributed by atoms with E-state index in [9.17, 15) is 8.42 Å². The number of hydrogen-bond donors (Lipinski definition) is 1. The van der Waals surface area contributed by atoms with Gasteiger partial charge in [-0.25, -0.2) is 4.98 Å². The van der Waals surface area contributed by atoms with Crippen LogP contribution in [0.1, 0.15) is 45.0 Å². The molecule has 0 unspecified atom stereocenters.